The molecule has 3 amide bonds. The Bertz CT molecular complexity index is 2470. The monoisotopic (exact) mass is 847 g/mol. The number of carbonyl (C=O) groups excluding carboxylic acids is 3. The largest absolute Gasteiger partial charge is 0.471 e. The number of amides is 3. The lowest BCUT2D eigenvalue weighted by atomic mass is 9.85. The second-order valence-electron chi connectivity index (χ2n) is 17.7. The van der Waals surface area contributed by atoms with Gasteiger partial charge >= 0.3 is 0 Å². The van der Waals surface area contributed by atoms with Crippen LogP contribution in [0.25, 0.3) is 28.4 Å². The molecule has 4 heterocycles. The number of rotatable bonds is 6. The standard InChI is InChI=1S/C42H47F2N7O6S2/c1-40(2,3)33-37(53)51-21-25(19-30(51)35(52)49-42(20-27(42)34(43)44)38(54)50-59(55,56)26-15-16-26)57-36-32(45-28-13-6-7-14-29(28)46-36)24-12-8-10-23(18-24)11-9-17-41(4,5)31-22-58-39(47-31)48-33/h6-14,18,22,25-27,30,33-34H,15-17,19-21H2,1-5H3,(H,47,48)(H,49,52)(H,50,54)/b11-9+/t25-,27+,30+,33-,42-/m1/s1. The predicted molar refractivity (Wildman–Crippen MR) is 220 cm³/mol. The Balaban J connectivity index is 1.20. The Hall–Kier alpha value is -5.03. The zero-order valence-electron chi connectivity index (χ0n) is 33.4. The first kappa shape index (κ1) is 40.7. The van der Waals surface area contributed by atoms with Crippen LogP contribution in [0.5, 0.6) is 5.88 Å². The average Bonchev–Trinajstić information content (AvgIpc) is 4.07. The molecule has 3 fully saturated rings. The van der Waals surface area contributed by atoms with Gasteiger partial charge in [-0.25, -0.2) is 32.2 Å². The van der Waals surface area contributed by atoms with Gasteiger partial charge in [0.25, 0.3) is 5.91 Å². The lowest BCUT2D eigenvalue weighted by Gasteiger charge is -2.35. The summed E-state index contributed by atoms with van der Waals surface area (Å²) < 4.78 is 62.7. The molecule has 0 spiro atoms. The zero-order valence-corrected chi connectivity index (χ0v) is 35.0. The summed E-state index contributed by atoms with van der Waals surface area (Å²) in [5.74, 6) is -4.04. The van der Waals surface area contributed by atoms with E-state index in [0.29, 0.717) is 41.1 Å². The SMILES string of the molecule is CC1(C)C/C=C/c2cccc(c2)-c2nc3ccccc3nc2O[C@@H]2C[C@@H](C(=O)N[C@]3(C(=O)NS(=O)(=O)C4CC4)C[C@H]3C(F)F)N(C2)C(=O)[C@H](C(C)(C)C)Nc2nc1cs2. The summed E-state index contributed by atoms with van der Waals surface area (Å²) in [5.41, 5.74) is 0.818. The number of ether oxygens (including phenoxy) is 1. The van der Waals surface area contributed by atoms with Crippen molar-refractivity contribution >= 4 is 61.3 Å². The predicted octanol–water partition coefficient (Wildman–Crippen LogP) is 6.07. The van der Waals surface area contributed by atoms with Crippen molar-refractivity contribution in [2.45, 2.75) is 108 Å². The summed E-state index contributed by atoms with van der Waals surface area (Å²) in [6.45, 7) is 9.71. The van der Waals surface area contributed by atoms with Crippen molar-refractivity contribution in [2.24, 2.45) is 11.3 Å². The number of para-hydroxylation sites is 2. The van der Waals surface area contributed by atoms with E-state index >= 15 is 0 Å². The highest BCUT2D eigenvalue weighted by Crippen LogP contribution is 2.49. The molecule has 13 nitrogen and oxygen atoms in total. The summed E-state index contributed by atoms with van der Waals surface area (Å²) in [6.07, 6.45) is 1.06. The second kappa shape index (κ2) is 14.9. The number of hydrogen-bond acceptors (Lipinski definition) is 11. The van der Waals surface area contributed by atoms with Crippen LogP contribution in [0, 0.1) is 11.3 Å². The number of anilines is 1. The lowest BCUT2D eigenvalue weighted by Crippen LogP contribution is -2.59. The topological polar surface area (TPSA) is 173 Å². The molecule has 2 aromatic carbocycles. The van der Waals surface area contributed by atoms with Crippen molar-refractivity contribution < 1.29 is 36.3 Å². The first-order valence-corrected chi connectivity index (χ1v) is 22.2. The van der Waals surface area contributed by atoms with Gasteiger partial charge in [-0.3, -0.25) is 19.1 Å². The number of sulfonamides is 1. The lowest BCUT2D eigenvalue weighted by molar-refractivity contribution is -0.141. The summed E-state index contributed by atoms with van der Waals surface area (Å²) >= 11 is 1.36. The Kier molecular flexibility index (Phi) is 10.3. The van der Waals surface area contributed by atoms with Crippen LogP contribution in [0.15, 0.2) is 60.0 Å². The van der Waals surface area contributed by atoms with Crippen molar-refractivity contribution in [3.63, 3.8) is 0 Å². The summed E-state index contributed by atoms with van der Waals surface area (Å²) in [4.78, 5) is 59.0. The minimum absolute atomic E-state index is 0.0990. The van der Waals surface area contributed by atoms with Crippen LogP contribution in [-0.4, -0.2) is 87.9 Å². The number of hydrogen-bond donors (Lipinski definition) is 3. The third kappa shape index (κ3) is 8.15. The highest BCUT2D eigenvalue weighted by molar-refractivity contribution is 7.91. The molecular formula is C42H47F2N7O6S2. The summed E-state index contributed by atoms with van der Waals surface area (Å²) in [6, 6.07) is 12.9. The number of thiazole rings is 1. The molecule has 2 aromatic heterocycles. The van der Waals surface area contributed by atoms with Crippen molar-refractivity contribution in [2.75, 3.05) is 11.9 Å². The van der Waals surface area contributed by atoms with Crippen LogP contribution in [-0.2, 0) is 29.8 Å². The highest BCUT2D eigenvalue weighted by atomic mass is 32.2. The van der Waals surface area contributed by atoms with Crippen molar-refractivity contribution in [3.8, 4) is 17.1 Å². The fourth-order valence-electron chi connectivity index (χ4n) is 7.80. The van der Waals surface area contributed by atoms with E-state index in [-0.39, 0.29) is 24.3 Å². The minimum atomic E-state index is -4.12. The zero-order chi connectivity index (χ0) is 42.1. The van der Waals surface area contributed by atoms with Gasteiger partial charge in [0.2, 0.25) is 34.1 Å². The van der Waals surface area contributed by atoms with Gasteiger partial charge in [0.15, 0.2) is 5.13 Å². The van der Waals surface area contributed by atoms with Crippen LogP contribution < -0.4 is 20.1 Å². The smallest absolute Gasteiger partial charge is 0.259 e. The van der Waals surface area contributed by atoms with E-state index in [0.717, 1.165) is 16.8 Å². The molecule has 4 aliphatic rings. The first-order chi connectivity index (χ1) is 27.8. The van der Waals surface area contributed by atoms with Crippen LogP contribution >= 0.6 is 11.3 Å². The summed E-state index contributed by atoms with van der Waals surface area (Å²) in [7, 11) is -4.12. The maximum absolute atomic E-state index is 14.9. The number of nitrogens with zero attached hydrogens (tertiary/aromatic N) is 4. The van der Waals surface area contributed by atoms with Gasteiger partial charge in [-0.05, 0) is 54.9 Å². The number of halogens is 2. The van der Waals surface area contributed by atoms with E-state index in [2.05, 4.69) is 30.6 Å². The van der Waals surface area contributed by atoms with Gasteiger partial charge in [0.1, 0.15) is 29.4 Å². The van der Waals surface area contributed by atoms with E-state index in [1.54, 1.807) is 6.07 Å². The second-order valence-corrected chi connectivity index (χ2v) is 20.5. The van der Waals surface area contributed by atoms with Crippen molar-refractivity contribution in [1.29, 1.82) is 0 Å². The van der Waals surface area contributed by atoms with E-state index in [9.17, 15) is 31.6 Å². The van der Waals surface area contributed by atoms with E-state index in [1.807, 2.05) is 79.4 Å². The third-order valence-corrected chi connectivity index (χ3v) is 14.2. The molecule has 312 valence electrons. The molecule has 5 atom stereocenters. The number of benzene rings is 2. The van der Waals surface area contributed by atoms with Gasteiger partial charge in [-0.15, -0.1) is 11.3 Å². The highest BCUT2D eigenvalue weighted by Gasteiger charge is 2.67. The molecule has 17 heteroatoms. The van der Waals surface area contributed by atoms with Gasteiger partial charge < -0.3 is 20.3 Å². The maximum atomic E-state index is 14.9. The Labute approximate surface area is 345 Å². The van der Waals surface area contributed by atoms with Crippen LogP contribution in [0.1, 0.15) is 78.0 Å². The molecule has 8 rings (SSSR count). The Morgan fingerprint density at radius 2 is 1.78 bits per heavy atom. The fourth-order valence-corrected chi connectivity index (χ4v) is 10.1. The molecule has 1 saturated heterocycles. The van der Waals surface area contributed by atoms with Gasteiger partial charge in [-0.1, -0.05) is 77.1 Å². The van der Waals surface area contributed by atoms with E-state index in [1.165, 1.54) is 16.2 Å². The Morgan fingerprint density at radius 3 is 2.46 bits per heavy atom. The van der Waals surface area contributed by atoms with Crippen molar-refractivity contribution in [1.82, 2.24) is 29.9 Å². The van der Waals surface area contributed by atoms with Crippen LogP contribution in [0.3, 0.4) is 0 Å². The number of alkyl halides is 2. The first-order valence-electron chi connectivity index (χ1n) is 19.7. The third-order valence-electron chi connectivity index (χ3n) is 11.6. The van der Waals surface area contributed by atoms with Crippen LogP contribution in [0.4, 0.5) is 13.9 Å². The van der Waals surface area contributed by atoms with Gasteiger partial charge in [0, 0.05) is 22.8 Å². The molecule has 0 radical (unpaired) electrons. The molecule has 2 aliphatic heterocycles. The van der Waals surface area contributed by atoms with Crippen LogP contribution in [0.2, 0.25) is 0 Å². The average molecular weight is 848 g/mol. The number of carbonyl (C=O) groups is 3. The number of fused-ring (bicyclic) bond motifs is 9. The molecule has 4 aromatic rings. The number of aromatic nitrogens is 3. The normalized spacial score (nSPS) is 26.1. The molecule has 3 N–H and O–H groups in total. The maximum Gasteiger partial charge on any atom is 0.259 e. The molecule has 59 heavy (non-hydrogen) atoms. The minimum Gasteiger partial charge on any atom is -0.471 e. The molecule has 2 saturated carbocycles. The fraction of sp³-hybridized carbons (Fsp3) is 0.476. The Morgan fingerprint density at radius 1 is 1.05 bits per heavy atom. The van der Waals surface area contributed by atoms with Gasteiger partial charge in [-0.2, -0.15) is 0 Å². The van der Waals surface area contributed by atoms with Gasteiger partial charge in [0.05, 0.1) is 34.4 Å². The number of allylic oxidation sites excluding steroid dienone is 1. The molecule has 6 bridgehead atoms. The molecular weight excluding hydrogens is 801 g/mol. The number of nitrogens with one attached hydrogen (secondary N) is 3. The quantitative estimate of drug-likeness (QED) is 0.207. The molecule has 0 unspecified atom stereocenters. The summed E-state index contributed by atoms with van der Waals surface area (Å²) in [5, 5.41) is 7.51. The molecule has 2 aliphatic carbocycles. The van der Waals surface area contributed by atoms with E-state index < -0.39 is 80.9 Å². The van der Waals surface area contributed by atoms with E-state index in [4.69, 9.17) is 19.7 Å². The van der Waals surface area contributed by atoms with Crippen molar-refractivity contribution in [3.05, 3.63) is 71.2 Å².